The molecule has 1 rings (SSSR count). The van der Waals surface area contributed by atoms with Crippen LogP contribution in [0, 0.1) is 6.92 Å². The lowest BCUT2D eigenvalue weighted by Gasteiger charge is -2.22. The summed E-state index contributed by atoms with van der Waals surface area (Å²) >= 11 is 0. The Morgan fingerprint density at radius 2 is 2.19 bits per heavy atom. The van der Waals surface area contributed by atoms with Gasteiger partial charge in [0.25, 0.3) is 0 Å². The smallest absolute Gasteiger partial charge is 0.191 e. The normalized spacial score (nSPS) is 12.7. The van der Waals surface area contributed by atoms with Crippen LogP contribution in [0.5, 0.6) is 0 Å². The molecule has 0 bridgehead atoms. The lowest BCUT2D eigenvalue weighted by molar-refractivity contribution is 0.292. The van der Waals surface area contributed by atoms with Gasteiger partial charge in [0, 0.05) is 12.3 Å². The van der Waals surface area contributed by atoms with Crippen molar-refractivity contribution in [1.82, 2.24) is 4.98 Å². The second-order valence-electron chi connectivity index (χ2n) is 4.35. The number of aromatic nitrogens is 1. The van der Waals surface area contributed by atoms with Crippen molar-refractivity contribution in [1.29, 1.82) is 0 Å². The molecule has 1 aromatic rings. The summed E-state index contributed by atoms with van der Waals surface area (Å²) in [5, 5.41) is 0. The molecule has 3 nitrogen and oxygen atoms in total. The number of oxazole rings is 1. The standard InChI is InChI=1S/C13H19NO2/c1-9(7-10(2)15-6)13(4,5)12-8-14-11(3)16-12/h7-8H,1H2,2-6H3. The van der Waals surface area contributed by atoms with Crippen LogP contribution in [0.15, 0.2) is 34.6 Å². The predicted octanol–water partition coefficient (Wildman–Crippen LogP) is 3.37. The second kappa shape index (κ2) is 4.56. The third-order valence-electron chi connectivity index (χ3n) is 2.74. The Hall–Kier alpha value is -1.51. The van der Waals surface area contributed by atoms with Crippen LogP contribution in [0.4, 0.5) is 0 Å². The number of rotatable bonds is 4. The first-order chi connectivity index (χ1) is 7.37. The molecule has 0 N–H and O–H groups in total. The van der Waals surface area contributed by atoms with Crippen LogP contribution >= 0.6 is 0 Å². The highest BCUT2D eigenvalue weighted by atomic mass is 16.5. The van der Waals surface area contributed by atoms with E-state index in [0.29, 0.717) is 5.89 Å². The van der Waals surface area contributed by atoms with Crippen molar-refractivity contribution in [3.8, 4) is 0 Å². The maximum absolute atomic E-state index is 5.54. The topological polar surface area (TPSA) is 35.3 Å². The second-order valence-corrected chi connectivity index (χ2v) is 4.35. The molecule has 0 aromatic carbocycles. The van der Waals surface area contributed by atoms with Crippen LogP contribution in [-0.2, 0) is 10.2 Å². The van der Waals surface area contributed by atoms with E-state index in [-0.39, 0.29) is 5.41 Å². The van der Waals surface area contributed by atoms with E-state index >= 15 is 0 Å². The first-order valence-corrected chi connectivity index (χ1v) is 5.22. The van der Waals surface area contributed by atoms with Gasteiger partial charge in [-0.1, -0.05) is 6.58 Å². The summed E-state index contributed by atoms with van der Waals surface area (Å²) < 4.78 is 10.7. The maximum Gasteiger partial charge on any atom is 0.191 e. The average molecular weight is 221 g/mol. The van der Waals surface area contributed by atoms with Crippen LogP contribution < -0.4 is 0 Å². The number of hydrogen-bond acceptors (Lipinski definition) is 3. The molecule has 0 unspecified atom stereocenters. The van der Waals surface area contributed by atoms with Crippen molar-refractivity contribution >= 4 is 0 Å². The van der Waals surface area contributed by atoms with Crippen molar-refractivity contribution in [3.05, 3.63) is 41.8 Å². The Bertz CT molecular complexity index is 413. The molecule has 0 radical (unpaired) electrons. The maximum atomic E-state index is 5.54. The molecule has 1 aromatic heterocycles. The number of ether oxygens (including phenoxy) is 1. The van der Waals surface area contributed by atoms with Gasteiger partial charge in [-0.05, 0) is 32.4 Å². The molecule has 0 spiro atoms. The van der Waals surface area contributed by atoms with Crippen molar-refractivity contribution in [2.24, 2.45) is 0 Å². The molecule has 0 amide bonds. The molecule has 0 saturated heterocycles. The van der Waals surface area contributed by atoms with Crippen molar-refractivity contribution < 1.29 is 9.15 Å². The fourth-order valence-corrected chi connectivity index (χ4v) is 1.29. The van der Waals surface area contributed by atoms with Gasteiger partial charge in [0.15, 0.2) is 5.89 Å². The Kier molecular flexibility index (Phi) is 3.58. The number of aryl methyl sites for hydroxylation is 1. The van der Waals surface area contributed by atoms with E-state index in [1.807, 2.05) is 19.9 Å². The van der Waals surface area contributed by atoms with Gasteiger partial charge >= 0.3 is 0 Å². The summed E-state index contributed by atoms with van der Waals surface area (Å²) in [6.45, 7) is 11.9. The first-order valence-electron chi connectivity index (χ1n) is 5.22. The summed E-state index contributed by atoms with van der Waals surface area (Å²) in [5.41, 5.74) is 0.657. The van der Waals surface area contributed by atoms with E-state index in [1.165, 1.54) is 0 Å². The molecule has 0 aliphatic carbocycles. The monoisotopic (exact) mass is 221 g/mol. The highest BCUT2D eigenvalue weighted by Gasteiger charge is 2.27. The zero-order valence-electron chi connectivity index (χ0n) is 10.6. The van der Waals surface area contributed by atoms with E-state index in [0.717, 1.165) is 17.1 Å². The third-order valence-corrected chi connectivity index (χ3v) is 2.74. The predicted molar refractivity (Wildman–Crippen MR) is 64.2 cm³/mol. The first kappa shape index (κ1) is 12.6. The van der Waals surface area contributed by atoms with E-state index in [4.69, 9.17) is 9.15 Å². The van der Waals surface area contributed by atoms with Crippen LogP contribution in [0.2, 0.25) is 0 Å². The van der Waals surface area contributed by atoms with Crippen LogP contribution in [0.3, 0.4) is 0 Å². The number of allylic oxidation sites excluding steroid dienone is 3. The van der Waals surface area contributed by atoms with Gasteiger partial charge in [0.05, 0.1) is 19.1 Å². The fraction of sp³-hybridized carbons (Fsp3) is 0.462. The molecule has 1 heterocycles. The Labute approximate surface area is 96.8 Å². The lowest BCUT2D eigenvalue weighted by atomic mass is 9.82. The summed E-state index contributed by atoms with van der Waals surface area (Å²) in [6, 6.07) is 0. The molecule has 0 fully saturated rings. The summed E-state index contributed by atoms with van der Waals surface area (Å²) in [5.74, 6) is 2.31. The van der Waals surface area contributed by atoms with E-state index in [9.17, 15) is 0 Å². The van der Waals surface area contributed by atoms with Gasteiger partial charge in [-0.2, -0.15) is 0 Å². The minimum Gasteiger partial charge on any atom is -0.501 e. The van der Waals surface area contributed by atoms with Crippen LogP contribution in [0.1, 0.15) is 32.4 Å². The highest BCUT2D eigenvalue weighted by Crippen LogP contribution is 2.32. The minimum absolute atomic E-state index is 0.277. The number of methoxy groups -OCH3 is 1. The quantitative estimate of drug-likeness (QED) is 0.577. The van der Waals surface area contributed by atoms with Gasteiger partial charge in [0.1, 0.15) is 5.76 Å². The minimum atomic E-state index is -0.277. The molecule has 0 aliphatic heterocycles. The zero-order valence-corrected chi connectivity index (χ0v) is 10.6. The van der Waals surface area contributed by atoms with Gasteiger partial charge < -0.3 is 9.15 Å². The average Bonchev–Trinajstić information content (AvgIpc) is 2.65. The lowest BCUT2D eigenvalue weighted by Crippen LogP contribution is -2.18. The van der Waals surface area contributed by atoms with Crippen LogP contribution in [-0.4, -0.2) is 12.1 Å². The van der Waals surface area contributed by atoms with Gasteiger partial charge in [-0.3, -0.25) is 0 Å². The number of nitrogens with zero attached hydrogens (tertiary/aromatic N) is 1. The Morgan fingerprint density at radius 3 is 2.62 bits per heavy atom. The van der Waals surface area contributed by atoms with Crippen molar-refractivity contribution in [2.45, 2.75) is 33.1 Å². The summed E-state index contributed by atoms with van der Waals surface area (Å²) in [6.07, 6.45) is 3.66. The van der Waals surface area contributed by atoms with Crippen molar-refractivity contribution in [3.63, 3.8) is 0 Å². The number of hydrogen-bond donors (Lipinski definition) is 0. The molecule has 88 valence electrons. The molecule has 0 atom stereocenters. The van der Waals surface area contributed by atoms with Gasteiger partial charge in [0.2, 0.25) is 0 Å². The third kappa shape index (κ3) is 2.54. The van der Waals surface area contributed by atoms with Gasteiger partial charge in [-0.25, -0.2) is 4.98 Å². The van der Waals surface area contributed by atoms with Crippen molar-refractivity contribution in [2.75, 3.05) is 7.11 Å². The van der Waals surface area contributed by atoms with E-state index in [1.54, 1.807) is 13.3 Å². The van der Waals surface area contributed by atoms with E-state index in [2.05, 4.69) is 25.4 Å². The van der Waals surface area contributed by atoms with Crippen LogP contribution in [0.25, 0.3) is 0 Å². The molecule has 0 saturated carbocycles. The molecular weight excluding hydrogens is 202 g/mol. The Balaban J connectivity index is 2.98. The molecule has 3 heteroatoms. The molecule has 16 heavy (non-hydrogen) atoms. The summed E-state index contributed by atoms with van der Waals surface area (Å²) in [7, 11) is 1.64. The zero-order chi connectivity index (χ0) is 12.3. The highest BCUT2D eigenvalue weighted by molar-refractivity contribution is 5.33. The fourth-order valence-electron chi connectivity index (χ4n) is 1.29. The Morgan fingerprint density at radius 1 is 1.56 bits per heavy atom. The van der Waals surface area contributed by atoms with E-state index < -0.39 is 0 Å². The molecular formula is C13H19NO2. The van der Waals surface area contributed by atoms with Gasteiger partial charge in [-0.15, -0.1) is 0 Å². The molecule has 0 aliphatic rings. The SMILES string of the molecule is C=C(C=C(C)OC)C(C)(C)c1cnc(C)o1. The summed E-state index contributed by atoms with van der Waals surface area (Å²) in [4.78, 5) is 4.10. The largest absolute Gasteiger partial charge is 0.501 e.